The van der Waals surface area contributed by atoms with Gasteiger partial charge in [0.15, 0.2) is 5.96 Å². The Balaban J connectivity index is 4.86. The number of carbonyl (C=O) groups excluding carboxylic acids is 3. The first-order valence-corrected chi connectivity index (χ1v) is 7.89. The zero-order valence-electron chi connectivity index (χ0n) is 15.4. The van der Waals surface area contributed by atoms with Crippen molar-refractivity contribution in [3.05, 3.63) is 0 Å². The molecule has 2 amide bonds. The van der Waals surface area contributed by atoms with Crippen LogP contribution in [0, 0.1) is 0 Å². The van der Waals surface area contributed by atoms with Crippen LogP contribution >= 0.6 is 0 Å². The van der Waals surface area contributed by atoms with Crippen LogP contribution in [0.5, 0.6) is 0 Å². The largest absolute Gasteiger partial charge is 0.467 e. The summed E-state index contributed by atoms with van der Waals surface area (Å²) in [5.41, 5.74) is 9.78. The number of hydrogen-bond acceptors (Lipinski definition) is 6. The third-order valence-corrected chi connectivity index (χ3v) is 2.87. The summed E-state index contributed by atoms with van der Waals surface area (Å²) in [5, 5.41) is 4.97. The summed E-state index contributed by atoms with van der Waals surface area (Å²) in [6.07, 6.45) is -0.0334. The van der Waals surface area contributed by atoms with Crippen molar-refractivity contribution in [1.29, 1.82) is 0 Å². The van der Waals surface area contributed by atoms with Crippen LogP contribution in [0.3, 0.4) is 0 Å². The summed E-state index contributed by atoms with van der Waals surface area (Å²) in [6.45, 7) is 6.90. The van der Waals surface area contributed by atoms with E-state index in [0.29, 0.717) is 13.0 Å². The van der Waals surface area contributed by atoms with Gasteiger partial charge in [0.2, 0.25) is 5.91 Å². The van der Waals surface area contributed by atoms with Crippen molar-refractivity contribution in [2.45, 2.75) is 58.2 Å². The highest BCUT2D eigenvalue weighted by molar-refractivity contribution is 5.89. The summed E-state index contributed by atoms with van der Waals surface area (Å²) in [5.74, 6) is -1.18. The molecule has 0 unspecified atom stereocenters. The van der Waals surface area contributed by atoms with Crippen LogP contribution in [0.1, 0.15) is 40.5 Å². The third-order valence-electron chi connectivity index (χ3n) is 2.87. The number of esters is 1. The molecule has 144 valence electrons. The molecular formula is C15H29N5O5. The number of nitrogens with zero attached hydrogens (tertiary/aromatic N) is 1. The molecule has 25 heavy (non-hydrogen) atoms. The SMILES string of the molecule is COC(=O)[C@H](C)NC(=O)[C@@H](CCCN=C(N)N)NC(=O)OC(C)(C)C. The van der Waals surface area contributed by atoms with Crippen LogP contribution in [0.2, 0.25) is 0 Å². The van der Waals surface area contributed by atoms with Crippen LogP contribution < -0.4 is 22.1 Å². The third kappa shape index (κ3) is 10.8. The summed E-state index contributed by atoms with van der Waals surface area (Å²) >= 11 is 0. The van der Waals surface area contributed by atoms with Gasteiger partial charge in [-0.3, -0.25) is 9.79 Å². The molecule has 0 aliphatic carbocycles. The number of alkyl carbamates (subject to hydrolysis) is 1. The summed E-state index contributed by atoms with van der Waals surface area (Å²) in [4.78, 5) is 39.5. The van der Waals surface area contributed by atoms with Gasteiger partial charge in [-0.15, -0.1) is 0 Å². The van der Waals surface area contributed by atoms with Crippen molar-refractivity contribution in [2.24, 2.45) is 16.5 Å². The maximum absolute atomic E-state index is 12.3. The molecule has 0 spiro atoms. The molecule has 10 nitrogen and oxygen atoms in total. The molecule has 0 saturated heterocycles. The van der Waals surface area contributed by atoms with Gasteiger partial charge in [0.05, 0.1) is 7.11 Å². The Bertz CT molecular complexity index is 497. The Morgan fingerprint density at radius 3 is 2.24 bits per heavy atom. The number of aliphatic imine (C=N–C) groups is 1. The second kappa shape index (κ2) is 10.4. The van der Waals surface area contributed by atoms with Gasteiger partial charge in [0.1, 0.15) is 17.7 Å². The van der Waals surface area contributed by atoms with E-state index >= 15 is 0 Å². The molecule has 0 radical (unpaired) electrons. The van der Waals surface area contributed by atoms with Crippen molar-refractivity contribution < 1.29 is 23.9 Å². The predicted octanol–water partition coefficient (Wildman–Crippen LogP) is -0.389. The highest BCUT2D eigenvalue weighted by Crippen LogP contribution is 2.08. The van der Waals surface area contributed by atoms with Crippen LogP contribution in [0.15, 0.2) is 4.99 Å². The van der Waals surface area contributed by atoms with E-state index in [1.165, 1.54) is 14.0 Å². The van der Waals surface area contributed by atoms with Crippen molar-refractivity contribution in [3.63, 3.8) is 0 Å². The van der Waals surface area contributed by atoms with Gasteiger partial charge in [0, 0.05) is 6.54 Å². The Morgan fingerprint density at radius 1 is 1.16 bits per heavy atom. The first-order chi connectivity index (χ1) is 11.5. The van der Waals surface area contributed by atoms with Crippen LogP contribution in [0.4, 0.5) is 4.79 Å². The van der Waals surface area contributed by atoms with Gasteiger partial charge >= 0.3 is 12.1 Å². The van der Waals surface area contributed by atoms with E-state index in [0.717, 1.165) is 0 Å². The maximum atomic E-state index is 12.3. The Morgan fingerprint density at radius 2 is 1.76 bits per heavy atom. The number of amides is 2. The van der Waals surface area contributed by atoms with E-state index in [9.17, 15) is 14.4 Å². The Kier molecular flexibility index (Phi) is 9.32. The molecule has 0 aromatic carbocycles. The van der Waals surface area contributed by atoms with Crippen molar-refractivity contribution in [1.82, 2.24) is 10.6 Å². The highest BCUT2D eigenvalue weighted by atomic mass is 16.6. The number of nitrogens with one attached hydrogen (secondary N) is 2. The number of guanidine groups is 1. The molecule has 0 heterocycles. The minimum Gasteiger partial charge on any atom is -0.467 e. The standard InChI is InChI=1S/C15H29N5O5/c1-9(12(22)24-5)19-11(21)10(7-6-8-18-13(16)17)20-14(23)25-15(2,3)4/h9-10H,6-8H2,1-5H3,(H,19,21)(H,20,23)(H4,16,17,18)/t9-,10+/m0/s1. The fourth-order valence-electron chi connectivity index (χ4n) is 1.77. The zero-order valence-corrected chi connectivity index (χ0v) is 15.4. The Hall–Kier alpha value is -2.52. The van der Waals surface area contributed by atoms with E-state index in [1.807, 2.05) is 0 Å². The molecular weight excluding hydrogens is 330 g/mol. The number of carbonyl (C=O) groups is 3. The molecule has 0 rings (SSSR count). The average molecular weight is 359 g/mol. The van der Waals surface area contributed by atoms with Gasteiger partial charge in [-0.25, -0.2) is 9.59 Å². The lowest BCUT2D eigenvalue weighted by Crippen LogP contribution is -2.51. The lowest BCUT2D eigenvalue weighted by atomic mass is 10.1. The average Bonchev–Trinajstić information content (AvgIpc) is 2.47. The second-order valence-electron chi connectivity index (χ2n) is 6.40. The van der Waals surface area contributed by atoms with Gasteiger partial charge in [0.25, 0.3) is 0 Å². The van der Waals surface area contributed by atoms with Gasteiger partial charge in [-0.2, -0.15) is 0 Å². The fourth-order valence-corrected chi connectivity index (χ4v) is 1.77. The number of nitrogens with two attached hydrogens (primary N) is 2. The lowest BCUT2D eigenvalue weighted by Gasteiger charge is -2.24. The molecule has 0 saturated carbocycles. The minimum atomic E-state index is -0.906. The molecule has 0 fully saturated rings. The highest BCUT2D eigenvalue weighted by Gasteiger charge is 2.26. The first-order valence-electron chi connectivity index (χ1n) is 7.89. The smallest absolute Gasteiger partial charge is 0.408 e. The predicted molar refractivity (Wildman–Crippen MR) is 92.7 cm³/mol. The number of methoxy groups -OCH3 is 1. The monoisotopic (exact) mass is 359 g/mol. The second-order valence-corrected chi connectivity index (χ2v) is 6.40. The van der Waals surface area contributed by atoms with Crippen molar-refractivity contribution in [2.75, 3.05) is 13.7 Å². The van der Waals surface area contributed by atoms with Gasteiger partial charge in [-0.05, 0) is 40.5 Å². The molecule has 10 heteroatoms. The number of hydrogen-bond donors (Lipinski definition) is 4. The first kappa shape index (κ1) is 22.5. The number of rotatable bonds is 8. The lowest BCUT2D eigenvalue weighted by molar-refractivity contribution is -0.144. The topological polar surface area (TPSA) is 158 Å². The van der Waals surface area contributed by atoms with Crippen LogP contribution in [-0.4, -0.2) is 55.3 Å². The maximum Gasteiger partial charge on any atom is 0.408 e. The van der Waals surface area contributed by atoms with E-state index in [-0.39, 0.29) is 12.4 Å². The molecule has 2 atom stereocenters. The van der Waals surface area contributed by atoms with Crippen molar-refractivity contribution >= 4 is 23.9 Å². The molecule has 0 bridgehead atoms. The number of ether oxygens (including phenoxy) is 2. The Labute approximate surface area is 147 Å². The van der Waals surface area contributed by atoms with Crippen LogP contribution in [0.25, 0.3) is 0 Å². The van der Waals surface area contributed by atoms with E-state index in [2.05, 4.69) is 20.4 Å². The normalized spacial score (nSPS) is 13.2. The molecule has 0 aromatic heterocycles. The summed E-state index contributed by atoms with van der Waals surface area (Å²) in [6, 6.07) is -1.76. The fraction of sp³-hybridized carbons (Fsp3) is 0.733. The minimum absolute atomic E-state index is 0.0552. The molecule has 0 aliphatic heterocycles. The molecule has 0 aliphatic rings. The van der Waals surface area contributed by atoms with E-state index in [4.69, 9.17) is 16.2 Å². The van der Waals surface area contributed by atoms with Crippen molar-refractivity contribution in [3.8, 4) is 0 Å². The summed E-state index contributed by atoms with van der Waals surface area (Å²) < 4.78 is 9.70. The summed E-state index contributed by atoms with van der Waals surface area (Å²) in [7, 11) is 1.22. The van der Waals surface area contributed by atoms with Gasteiger partial charge in [-0.1, -0.05) is 0 Å². The van der Waals surface area contributed by atoms with Gasteiger partial charge < -0.3 is 31.6 Å². The van der Waals surface area contributed by atoms with E-state index in [1.54, 1.807) is 20.8 Å². The quantitative estimate of drug-likeness (QED) is 0.199. The molecule has 6 N–H and O–H groups in total. The zero-order chi connectivity index (χ0) is 19.6. The van der Waals surface area contributed by atoms with E-state index < -0.39 is 35.7 Å². The molecule has 0 aromatic rings. The van der Waals surface area contributed by atoms with Crippen LogP contribution in [-0.2, 0) is 19.1 Å².